The predicted octanol–water partition coefficient (Wildman–Crippen LogP) is 9.78. The maximum absolute atomic E-state index is 12.8. The Balaban J connectivity index is 0.000000254. The highest BCUT2D eigenvalue weighted by Crippen LogP contribution is 2.28. The molecule has 0 aromatic heterocycles. The van der Waals surface area contributed by atoms with E-state index >= 15 is 0 Å². The molecule has 0 saturated carbocycles. The summed E-state index contributed by atoms with van der Waals surface area (Å²) in [5, 5.41) is 10.9. The van der Waals surface area contributed by atoms with Crippen molar-refractivity contribution in [1.29, 1.82) is 0 Å². The lowest BCUT2D eigenvalue weighted by Crippen LogP contribution is -2.23. The fourth-order valence-electron chi connectivity index (χ4n) is 4.60. The van der Waals surface area contributed by atoms with Crippen molar-refractivity contribution in [2.24, 2.45) is 5.92 Å². The van der Waals surface area contributed by atoms with Gasteiger partial charge in [0, 0.05) is 29.0 Å². The van der Waals surface area contributed by atoms with Gasteiger partial charge in [-0.1, -0.05) is 120 Å². The lowest BCUT2D eigenvalue weighted by Gasteiger charge is -2.22. The first-order valence-electron chi connectivity index (χ1n) is 15.2. The van der Waals surface area contributed by atoms with Gasteiger partial charge < -0.3 is 5.11 Å². The van der Waals surface area contributed by atoms with E-state index < -0.39 is 24.1 Å². The second kappa shape index (κ2) is 17.6. The molecule has 46 heavy (non-hydrogen) atoms. The van der Waals surface area contributed by atoms with Gasteiger partial charge in [-0.15, -0.1) is 6.58 Å². The first-order chi connectivity index (χ1) is 22.0. The number of ketones is 1. The number of carbonyl (C=O) groups excluding carboxylic acids is 1. The monoisotopic (exact) mass is 620 g/mol. The number of carbonyl (C=O) groups is 1. The molecule has 2 nitrogen and oxygen atoms in total. The summed E-state index contributed by atoms with van der Waals surface area (Å²) in [4.78, 5) is 12.1. The Labute approximate surface area is 271 Å². The molecule has 4 aromatic carbocycles. The summed E-state index contributed by atoms with van der Waals surface area (Å²) in [7, 11) is 0. The van der Waals surface area contributed by atoms with Crippen LogP contribution in [-0.2, 0) is 5.60 Å². The molecular formula is C41H39F3O2. The van der Waals surface area contributed by atoms with E-state index in [1.165, 1.54) is 5.56 Å². The van der Waals surface area contributed by atoms with E-state index in [2.05, 4.69) is 30.3 Å². The number of Topliss-reactive ketones (excluding diaryl/α,β-unsaturated/α-hetero) is 1. The second-order valence-corrected chi connectivity index (χ2v) is 11.2. The van der Waals surface area contributed by atoms with E-state index in [0.717, 1.165) is 16.7 Å². The van der Waals surface area contributed by atoms with Crippen LogP contribution in [0.25, 0.3) is 0 Å². The Kier molecular flexibility index (Phi) is 13.6. The van der Waals surface area contributed by atoms with E-state index in [9.17, 15) is 23.1 Å². The topological polar surface area (TPSA) is 37.3 Å². The molecule has 0 heterocycles. The Morgan fingerprint density at radius 1 is 0.826 bits per heavy atom. The zero-order chi connectivity index (χ0) is 33.4. The SMILES string of the molecule is C=CCCC(O)(C#Cc1ccc(C)cc1)c1ccccc1.Cc1cccc(C#CC(CCC(=O)c2ccccc2)CC(F)(F)F)c1. The smallest absolute Gasteiger partial charge is 0.373 e. The lowest BCUT2D eigenvalue weighted by molar-refractivity contribution is -0.140. The number of aryl methyl sites for hydroxylation is 2. The van der Waals surface area contributed by atoms with E-state index in [1.54, 1.807) is 36.4 Å². The van der Waals surface area contributed by atoms with Crippen molar-refractivity contribution >= 4 is 5.78 Å². The Bertz CT molecular complexity index is 1670. The number of hydrogen-bond donors (Lipinski definition) is 1. The van der Waals surface area contributed by atoms with Gasteiger partial charge in [-0.05, 0) is 68.5 Å². The summed E-state index contributed by atoms with van der Waals surface area (Å²) in [6.07, 6.45) is -2.11. The summed E-state index contributed by atoms with van der Waals surface area (Å²) in [5.74, 6) is 10.6. The standard InChI is InChI=1S/C21H19F3O.C20H20O/c1-16-6-5-7-17(14-16)10-11-18(15-21(22,23)24)12-13-20(25)19-8-3-2-4-9-19;1-3-4-15-20(21,19-8-6-5-7-9-19)16-14-18-12-10-17(2)11-13-18/h2-9,14,18H,12-13,15H2,1H3;3,5-13,21H,1,4,15H2,2H3. The van der Waals surface area contributed by atoms with Crippen LogP contribution in [0.15, 0.2) is 122 Å². The number of alkyl halides is 3. The number of benzene rings is 4. The molecule has 0 aliphatic heterocycles. The van der Waals surface area contributed by atoms with Crippen LogP contribution in [-0.4, -0.2) is 17.1 Å². The molecule has 0 radical (unpaired) electrons. The van der Waals surface area contributed by atoms with Crippen LogP contribution in [0.1, 0.15) is 70.3 Å². The van der Waals surface area contributed by atoms with Crippen LogP contribution in [0, 0.1) is 43.4 Å². The molecule has 0 aliphatic carbocycles. The molecule has 2 unspecified atom stereocenters. The molecular weight excluding hydrogens is 581 g/mol. The van der Waals surface area contributed by atoms with E-state index in [0.29, 0.717) is 24.0 Å². The molecule has 4 rings (SSSR count). The summed E-state index contributed by atoms with van der Waals surface area (Å²) in [6.45, 7) is 7.67. The van der Waals surface area contributed by atoms with Crippen molar-refractivity contribution in [2.45, 2.75) is 57.7 Å². The third-order valence-corrected chi connectivity index (χ3v) is 7.16. The summed E-state index contributed by atoms with van der Waals surface area (Å²) in [6, 6.07) is 33.5. The fraction of sp³-hybridized carbons (Fsp3) is 0.244. The van der Waals surface area contributed by atoms with Crippen LogP contribution in [0.2, 0.25) is 0 Å². The van der Waals surface area contributed by atoms with Gasteiger partial charge in [0.05, 0.1) is 6.42 Å². The number of hydrogen-bond acceptors (Lipinski definition) is 2. The average molecular weight is 621 g/mol. The number of halogens is 3. The van der Waals surface area contributed by atoms with Gasteiger partial charge in [0.15, 0.2) is 11.4 Å². The van der Waals surface area contributed by atoms with Crippen LogP contribution >= 0.6 is 0 Å². The van der Waals surface area contributed by atoms with Gasteiger partial charge in [0.1, 0.15) is 0 Å². The van der Waals surface area contributed by atoms with Gasteiger partial charge in [-0.2, -0.15) is 13.2 Å². The van der Waals surface area contributed by atoms with Crippen LogP contribution in [0.4, 0.5) is 13.2 Å². The van der Waals surface area contributed by atoms with E-state index in [-0.39, 0.29) is 18.6 Å². The van der Waals surface area contributed by atoms with Crippen LogP contribution in [0.5, 0.6) is 0 Å². The third kappa shape index (κ3) is 12.6. The highest BCUT2D eigenvalue weighted by molar-refractivity contribution is 5.95. The van der Waals surface area contributed by atoms with Gasteiger partial charge >= 0.3 is 6.18 Å². The molecule has 0 saturated heterocycles. The second-order valence-electron chi connectivity index (χ2n) is 11.2. The van der Waals surface area contributed by atoms with Crippen molar-refractivity contribution in [3.8, 4) is 23.7 Å². The number of aliphatic hydroxyl groups is 1. The summed E-state index contributed by atoms with van der Waals surface area (Å²) in [5.41, 5.74) is 3.99. The summed E-state index contributed by atoms with van der Waals surface area (Å²) < 4.78 is 38.4. The quantitative estimate of drug-likeness (QED) is 0.115. The minimum Gasteiger partial charge on any atom is -0.373 e. The predicted molar refractivity (Wildman–Crippen MR) is 180 cm³/mol. The maximum Gasteiger partial charge on any atom is 0.390 e. The molecule has 0 fully saturated rings. The van der Waals surface area contributed by atoms with E-state index in [4.69, 9.17) is 0 Å². The zero-order valence-electron chi connectivity index (χ0n) is 26.3. The third-order valence-electron chi connectivity index (χ3n) is 7.16. The van der Waals surface area contributed by atoms with Crippen LogP contribution in [0.3, 0.4) is 0 Å². The number of allylic oxidation sites excluding steroid dienone is 1. The van der Waals surface area contributed by atoms with Gasteiger partial charge in [-0.3, -0.25) is 4.79 Å². The molecule has 5 heteroatoms. The van der Waals surface area contributed by atoms with Crippen LogP contribution < -0.4 is 0 Å². The van der Waals surface area contributed by atoms with E-state index in [1.807, 2.05) is 92.7 Å². The van der Waals surface area contributed by atoms with Crippen molar-refractivity contribution in [1.82, 2.24) is 0 Å². The first-order valence-corrected chi connectivity index (χ1v) is 15.2. The van der Waals surface area contributed by atoms with Gasteiger partial charge in [-0.25, -0.2) is 0 Å². The Morgan fingerprint density at radius 2 is 1.48 bits per heavy atom. The Hall–Kier alpha value is -4.84. The first kappa shape index (κ1) is 35.6. The van der Waals surface area contributed by atoms with Crippen molar-refractivity contribution < 1.29 is 23.1 Å². The largest absolute Gasteiger partial charge is 0.390 e. The summed E-state index contributed by atoms with van der Waals surface area (Å²) >= 11 is 0. The molecule has 0 amide bonds. The molecule has 0 spiro atoms. The molecule has 4 aromatic rings. The zero-order valence-corrected chi connectivity index (χ0v) is 26.3. The minimum atomic E-state index is -4.30. The number of rotatable bonds is 9. The molecule has 2 atom stereocenters. The molecule has 1 N–H and O–H groups in total. The highest BCUT2D eigenvalue weighted by Gasteiger charge is 2.31. The van der Waals surface area contributed by atoms with Gasteiger partial charge in [0.25, 0.3) is 0 Å². The van der Waals surface area contributed by atoms with Crippen molar-refractivity contribution in [2.75, 3.05) is 0 Å². The normalized spacial score (nSPS) is 12.5. The van der Waals surface area contributed by atoms with Crippen molar-refractivity contribution in [3.05, 3.63) is 155 Å². The lowest BCUT2D eigenvalue weighted by atomic mass is 9.89. The van der Waals surface area contributed by atoms with Crippen molar-refractivity contribution in [3.63, 3.8) is 0 Å². The highest BCUT2D eigenvalue weighted by atomic mass is 19.4. The fourth-order valence-corrected chi connectivity index (χ4v) is 4.60. The maximum atomic E-state index is 12.8. The minimum absolute atomic E-state index is 0.0489. The molecule has 0 bridgehead atoms. The van der Waals surface area contributed by atoms with Gasteiger partial charge in [0.2, 0.25) is 0 Å². The Morgan fingerprint density at radius 3 is 2.09 bits per heavy atom. The molecule has 0 aliphatic rings. The average Bonchev–Trinajstić information content (AvgIpc) is 3.05. The molecule has 236 valence electrons.